The van der Waals surface area contributed by atoms with Gasteiger partial charge < -0.3 is 21.0 Å². The van der Waals surface area contributed by atoms with Crippen molar-refractivity contribution in [2.75, 3.05) is 15.8 Å². The van der Waals surface area contributed by atoms with Gasteiger partial charge in [0.2, 0.25) is 0 Å². The van der Waals surface area contributed by atoms with E-state index < -0.39 is 16.8 Å². The zero-order valence-corrected chi connectivity index (χ0v) is 11.7. The van der Waals surface area contributed by atoms with E-state index in [1.807, 2.05) is 0 Å². The lowest BCUT2D eigenvalue weighted by atomic mass is 10.1. The van der Waals surface area contributed by atoms with Crippen LogP contribution in [0.1, 0.15) is 10.4 Å². The number of nitrogens with one attached hydrogen (secondary N) is 1. The molecule has 2 aromatic rings. The van der Waals surface area contributed by atoms with Crippen LogP contribution in [-0.2, 0) is 0 Å². The molecule has 0 spiro atoms. The predicted octanol–water partition coefficient (Wildman–Crippen LogP) is 2.98. The molecule has 0 fully saturated rings. The number of benzene rings is 2. The summed E-state index contributed by atoms with van der Waals surface area (Å²) in [6, 6.07) is 9.36. The number of rotatable bonds is 4. The zero-order chi connectivity index (χ0) is 16.3. The third-order valence-electron chi connectivity index (χ3n) is 2.69. The Morgan fingerprint density at radius 1 is 1.09 bits per heavy atom. The van der Waals surface area contributed by atoms with Gasteiger partial charge in [-0.25, -0.2) is 0 Å². The summed E-state index contributed by atoms with van der Waals surface area (Å²) < 4.78 is 0. The first-order chi connectivity index (χ1) is 10.4. The molecule has 0 aliphatic rings. The Morgan fingerprint density at radius 2 is 1.77 bits per heavy atom. The summed E-state index contributed by atoms with van der Waals surface area (Å²) >= 11 is 5.79. The molecule has 0 heterocycles. The van der Waals surface area contributed by atoms with Gasteiger partial charge in [0.15, 0.2) is 0 Å². The highest BCUT2D eigenvalue weighted by Crippen LogP contribution is 2.24. The summed E-state index contributed by atoms with van der Waals surface area (Å²) in [6.45, 7) is 0. The summed E-state index contributed by atoms with van der Waals surface area (Å²) in [5, 5.41) is 41.5. The van der Waals surface area contributed by atoms with Gasteiger partial charge in [-0.2, -0.15) is 0 Å². The van der Waals surface area contributed by atoms with Crippen LogP contribution in [0.2, 0.25) is 5.02 Å². The van der Waals surface area contributed by atoms with Crippen molar-refractivity contribution in [3.63, 3.8) is 0 Å². The number of halogens is 1. The van der Waals surface area contributed by atoms with Gasteiger partial charge in [-0.05, 0) is 36.4 Å². The van der Waals surface area contributed by atoms with Crippen LogP contribution in [0.4, 0.5) is 17.1 Å². The van der Waals surface area contributed by atoms with Crippen LogP contribution in [0.25, 0.3) is 0 Å². The first kappa shape index (κ1) is 16.0. The molecule has 0 unspecified atom stereocenters. The van der Waals surface area contributed by atoms with Gasteiger partial charge in [0.1, 0.15) is 0 Å². The van der Waals surface area contributed by atoms with Crippen LogP contribution in [0, 0.1) is 10.4 Å². The summed E-state index contributed by atoms with van der Waals surface area (Å²) in [7, 11) is 0. The van der Waals surface area contributed by atoms with E-state index in [4.69, 9.17) is 22.0 Å². The van der Waals surface area contributed by atoms with Crippen LogP contribution in [0.15, 0.2) is 42.5 Å². The maximum atomic E-state index is 12.1. The molecule has 0 aliphatic carbocycles. The number of amides is 1. The summed E-state index contributed by atoms with van der Waals surface area (Å²) in [6.07, 6.45) is 0. The smallest absolute Gasteiger partial charge is 0.255 e. The molecule has 0 saturated carbocycles. The highest BCUT2D eigenvalue weighted by Gasteiger charge is 2.11. The fourth-order valence-corrected chi connectivity index (χ4v) is 1.91. The summed E-state index contributed by atoms with van der Waals surface area (Å²) in [4.78, 5) is 12.1. The minimum absolute atomic E-state index is 0.114. The number of carbonyl (C=O) groups excluding carboxylic acids is 1. The Bertz CT molecular complexity index is 667. The van der Waals surface area contributed by atoms with Crippen LogP contribution in [-0.4, -0.2) is 16.3 Å². The van der Waals surface area contributed by atoms with Gasteiger partial charge in [-0.15, -0.1) is 5.23 Å². The zero-order valence-electron chi connectivity index (χ0n) is 10.9. The van der Waals surface area contributed by atoms with Gasteiger partial charge in [0, 0.05) is 22.0 Å². The molecule has 1 amide bonds. The largest absolute Gasteiger partial charge is 0.769 e. The molecular weight excluding hydrogens is 314 g/mol. The average molecular weight is 324 g/mol. The highest BCUT2D eigenvalue weighted by molar-refractivity contribution is 6.31. The molecular formula is C13H10ClN3O5-2. The van der Waals surface area contributed by atoms with E-state index in [0.717, 1.165) is 18.2 Å². The van der Waals surface area contributed by atoms with Crippen molar-refractivity contribution in [1.82, 2.24) is 0 Å². The molecule has 22 heavy (non-hydrogen) atoms. The molecule has 2 aromatic carbocycles. The van der Waals surface area contributed by atoms with E-state index in [-0.39, 0.29) is 16.5 Å². The predicted molar refractivity (Wildman–Crippen MR) is 81.1 cm³/mol. The Balaban J connectivity index is 2.32. The first-order valence-electron chi connectivity index (χ1n) is 5.91. The molecule has 0 aliphatic heterocycles. The van der Waals surface area contributed by atoms with Crippen molar-refractivity contribution in [3.8, 4) is 0 Å². The molecule has 0 saturated heterocycles. The fraction of sp³-hybridized carbons (Fsp3) is 0. The lowest BCUT2D eigenvalue weighted by Crippen LogP contribution is -2.16. The Morgan fingerprint density at radius 3 is 2.36 bits per heavy atom. The highest BCUT2D eigenvalue weighted by atomic mass is 35.5. The van der Waals surface area contributed by atoms with E-state index in [9.17, 15) is 15.2 Å². The van der Waals surface area contributed by atoms with Crippen molar-refractivity contribution in [1.29, 1.82) is 0 Å². The summed E-state index contributed by atoms with van der Waals surface area (Å²) in [5.41, 5.74) is -0.486. The molecule has 0 aromatic heterocycles. The number of anilines is 3. The van der Waals surface area contributed by atoms with E-state index in [2.05, 4.69) is 5.32 Å². The molecule has 8 nitrogen and oxygen atoms in total. The quantitative estimate of drug-likeness (QED) is 0.739. The average Bonchev–Trinajstić information content (AvgIpc) is 2.46. The second-order valence-electron chi connectivity index (χ2n) is 4.25. The number of nitrogens with zero attached hydrogens (tertiary/aromatic N) is 2. The molecule has 0 bridgehead atoms. The molecule has 3 N–H and O–H groups in total. The number of carbonyl (C=O) groups is 1. The van der Waals surface area contributed by atoms with Gasteiger partial charge in [-0.3, -0.25) is 15.2 Å². The van der Waals surface area contributed by atoms with Crippen LogP contribution in [0.5, 0.6) is 0 Å². The molecule has 2 rings (SSSR count). The monoisotopic (exact) mass is 323 g/mol. The Kier molecular flexibility index (Phi) is 4.81. The van der Waals surface area contributed by atoms with Crippen LogP contribution in [0.3, 0.4) is 0 Å². The van der Waals surface area contributed by atoms with Crippen molar-refractivity contribution in [2.24, 2.45) is 0 Å². The third kappa shape index (κ3) is 3.85. The van der Waals surface area contributed by atoms with Gasteiger partial charge in [0.05, 0.1) is 5.69 Å². The first-order valence-corrected chi connectivity index (χ1v) is 6.29. The topological polar surface area (TPSA) is 122 Å². The molecule has 0 radical (unpaired) electrons. The number of hydrogen-bond donors (Lipinski definition) is 3. The van der Waals surface area contributed by atoms with Gasteiger partial charge in [0.25, 0.3) is 5.91 Å². The standard InChI is InChI=1S/C13H10ClN3O5/c14-9-2-1-3-10(6-9)15-13(18)8-4-11(16(19)20)7-12(5-8)17(21)22/h1-7,19-20H,(H,15,18)/q-2. The van der Waals surface area contributed by atoms with E-state index in [1.165, 1.54) is 6.07 Å². The summed E-state index contributed by atoms with van der Waals surface area (Å²) in [5.74, 6) is -0.658. The lowest BCUT2D eigenvalue weighted by molar-refractivity contribution is 0.0291. The van der Waals surface area contributed by atoms with Gasteiger partial charge >= 0.3 is 0 Å². The second-order valence-corrected chi connectivity index (χ2v) is 4.69. The van der Waals surface area contributed by atoms with Crippen LogP contribution < -0.4 is 15.8 Å². The van der Waals surface area contributed by atoms with Crippen molar-refractivity contribution in [2.45, 2.75) is 0 Å². The SMILES string of the molecule is O=C(Nc1cccc(Cl)c1)c1cc(N([O-])[O-])cc(N(O)O)c1. The Hall–Kier alpha value is -2.36. The maximum absolute atomic E-state index is 12.1. The lowest BCUT2D eigenvalue weighted by Gasteiger charge is -2.38. The van der Waals surface area contributed by atoms with Crippen LogP contribution >= 0.6 is 11.6 Å². The minimum Gasteiger partial charge on any atom is -0.769 e. The van der Waals surface area contributed by atoms with E-state index >= 15 is 0 Å². The maximum Gasteiger partial charge on any atom is 0.255 e. The normalized spacial score (nSPS) is 10.2. The van der Waals surface area contributed by atoms with Crippen molar-refractivity contribution >= 4 is 34.6 Å². The Labute approximate surface area is 129 Å². The fourth-order valence-electron chi connectivity index (χ4n) is 1.72. The van der Waals surface area contributed by atoms with Gasteiger partial charge in [-0.1, -0.05) is 17.7 Å². The minimum atomic E-state index is -0.747. The molecule has 9 heteroatoms. The van der Waals surface area contributed by atoms with E-state index in [0.29, 0.717) is 10.7 Å². The van der Waals surface area contributed by atoms with Crippen molar-refractivity contribution < 1.29 is 15.2 Å². The molecule has 116 valence electrons. The second kappa shape index (κ2) is 6.60. The number of hydrogen-bond acceptors (Lipinski definition) is 7. The van der Waals surface area contributed by atoms with E-state index in [1.54, 1.807) is 18.2 Å². The third-order valence-corrected chi connectivity index (χ3v) is 2.92. The molecule has 0 atom stereocenters. The van der Waals surface area contributed by atoms with Crippen molar-refractivity contribution in [3.05, 3.63) is 63.5 Å².